The zero-order chi connectivity index (χ0) is 12.0. The molecule has 0 amide bonds. The maximum absolute atomic E-state index is 3.51. The normalized spacial score (nSPS) is 23.2. The third kappa shape index (κ3) is 4.42. The van der Waals surface area contributed by atoms with Crippen molar-refractivity contribution in [1.82, 2.24) is 10.2 Å². The van der Waals surface area contributed by atoms with Crippen LogP contribution in [0.5, 0.6) is 0 Å². The molecule has 1 fully saturated rings. The number of nitrogens with one attached hydrogen (secondary N) is 1. The van der Waals surface area contributed by atoms with Crippen LogP contribution >= 0.6 is 0 Å². The largest absolute Gasteiger partial charge is 0.315 e. The summed E-state index contributed by atoms with van der Waals surface area (Å²) in [6.07, 6.45) is 5.36. The fourth-order valence-corrected chi connectivity index (χ4v) is 2.55. The first-order valence-electron chi connectivity index (χ1n) is 7.04. The zero-order valence-electron chi connectivity index (χ0n) is 11.7. The van der Waals surface area contributed by atoms with Gasteiger partial charge in [0.25, 0.3) is 0 Å². The Morgan fingerprint density at radius 2 is 1.81 bits per heavy atom. The molecule has 1 atom stereocenters. The molecule has 96 valence electrons. The molecule has 16 heavy (non-hydrogen) atoms. The number of hydrogen-bond donors (Lipinski definition) is 1. The average Bonchev–Trinajstić information content (AvgIpc) is 2.25. The Hall–Kier alpha value is -0.0800. The highest BCUT2D eigenvalue weighted by molar-refractivity contribution is 4.83. The minimum absolute atomic E-state index is 0.575. The highest BCUT2D eigenvalue weighted by Crippen LogP contribution is 2.30. The summed E-state index contributed by atoms with van der Waals surface area (Å²) < 4.78 is 0. The van der Waals surface area contributed by atoms with E-state index in [1.807, 2.05) is 0 Å². The first-order valence-corrected chi connectivity index (χ1v) is 7.04. The number of likely N-dealkylation sites (tertiary alicyclic amines) is 1. The van der Waals surface area contributed by atoms with Crippen molar-refractivity contribution < 1.29 is 0 Å². The lowest BCUT2D eigenvalue weighted by atomic mass is 9.82. The van der Waals surface area contributed by atoms with Gasteiger partial charge in [0.05, 0.1) is 0 Å². The van der Waals surface area contributed by atoms with Crippen LogP contribution in [0.1, 0.15) is 53.4 Å². The van der Waals surface area contributed by atoms with Gasteiger partial charge >= 0.3 is 0 Å². The zero-order valence-corrected chi connectivity index (χ0v) is 11.7. The third-order valence-electron chi connectivity index (χ3n) is 3.92. The Bertz CT molecular complexity index is 179. The van der Waals surface area contributed by atoms with E-state index in [-0.39, 0.29) is 0 Å². The highest BCUT2D eigenvalue weighted by atomic mass is 15.2. The van der Waals surface area contributed by atoms with Crippen LogP contribution in [0.25, 0.3) is 0 Å². The van der Waals surface area contributed by atoms with Crippen LogP contribution in [0.2, 0.25) is 0 Å². The van der Waals surface area contributed by atoms with Gasteiger partial charge in [0.1, 0.15) is 0 Å². The molecule has 0 spiro atoms. The second-order valence-electron chi connectivity index (χ2n) is 5.95. The Morgan fingerprint density at radius 3 is 2.31 bits per heavy atom. The van der Waals surface area contributed by atoms with Gasteiger partial charge < -0.3 is 5.32 Å². The van der Waals surface area contributed by atoms with Gasteiger partial charge in [0, 0.05) is 12.6 Å². The molecule has 0 radical (unpaired) electrons. The van der Waals surface area contributed by atoms with E-state index in [0.29, 0.717) is 5.41 Å². The lowest BCUT2D eigenvalue weighted by Crippen LogP contribution is -2.47. The van der Waals surface area contributed by atoms with Crippen molar-refractivity contribution in [3.05, 3.63) is 0 Å². The molecule has 1 heterocycles. The molecule has 0 aromatic carbocycles. The summed E-state index contributed by atoms with van der Waals surface area (Å²) in [7, 11) is 0. The van der Waals surface area contributed by atoms with Gasteiger partial charge in [-0.15, -0.1) is 0 Å². The Morgan fingerprint density at radius 1 is 1.19 bits per heavy atom. The van der Waals surface area contributed by atoms with Crippen molar-refractivity contribution >= 4 is 0 Å². The van der Waals surface area contributed by atoms with Gasteiger partial charge in [-0.3, -0.25) is 4.90 Å². The van der Waals surface area contributed by atoms with Crippen molar-refractivity contribution in [3.8, 4) is 0 Å². The fourth-order valence-electron chi connectivity index (χ4n) is 2.55. The Kier molecular flexibility index (Phi) is 5.77. The van der Waals surface area contributed by atoms with Gasteiger partial charge in [-0.2, -0.15) is 0 Å². The van der Waals surface area contributed by atoms with Gasteiger partial charge in [-0.25, -0.2) is 0 Å². The fraction of sp³-hybridized carbons (Fsp3) is 1.00. The van der Waals surface area contributed by atoms with E-state index in [4.69, 9.17) is 0 Å². The standard InChI is InChI=1S/C14H30N2/c1-5-7-13(12-15-6-2)16-10-8-14(3,4)9-11-16/h13,15H,5-12H2,1-4H3. The maximum atomic E-state index is 3.51. The smallest absolute Gasteiger partial charge is 0.0220 e. The molecule has 0 aliphatic carbocycles. The summed E-state index contributed by atoms with van der Waals surface area (Å²) in [6, 6.07) is 0.765. The lowest BCUT2D eigenvalue weighted by molar-refractivity contribution is 0.0889. The van der Waals surface area contributed by atoms with E-state index in [9.17, 15) is 0 Å². The number of rotatable bonds is 6. The summed E-state index contributed by atoms with van der Waals surface area (Å²) >= 11 is 0. The molecule has 2 nitrogen and oxygen atoms in total. The molecular weight excluding hydrogens is 196 g/mol. The molecule has 1 N–H and O–H groups in total. The van der Waals surface area contributed by atoms with E-state index in [2.05, 4.69) is 37.9 Å². The van der Waals surface area contributed by atoms with Crippen LogP contribution in [0.4, 0.5) is 0 Å². The van der Waals surface area contributed by atoms with Crippen LogP contribution < -0.4 is 5.32 Å². The van der Waals surface area contributed by atoms with E-state index in [0.717, 1.165) is 12.6 Å². The van der Waals surface area contributed by atoms with Crippen LogP contribution in [-0.4, -0.2) is 37.1 Å². The van der Waals surface area contributed by atoms with Gasteiger partial charge in [0.2, 0.25) is 0 Å². The summed E-state index contributed by atoms with van der Waals surface area (Å²) in [6.45, 7) is 14.2. The quantitative estimate of drug-likeness (QED) is 0.749. The molecule has 0 aromatic heterocycles. The number of likely N-dealkylation sites (N-methyl/N-ethyl adjacent to an activating group) is 1. The number of hydrogen-bond acceptors (Lipinski definition) is 2. The second kappa shape index (κ2) is 6.61. The van der Waals surface area contributed by atoms with E-state index in [1.165, 1.54) is 45.3 Å². The van der Waals surface area contributed by atoms with E-state index in [1.54, 1.807) is 0 Å². The van der Waals surface area contributed by atoms with Crippen molar-refractivity contribution in [2.45, 2.75) is 59.4 Å². The van der Waals surface area contributed by atoms with Crippen molar-refractivity contribution in [1.29, 1.82) is 0 Å². The van der Waals surface area contributed by atoms with E-state index < -0.39 is 0 Å². The van der Waals surface area contributed by atoms with Crippen LogP contribution in [0, 0.1) is 5.41 Å². The minimum Gasteiger partial charge on any atom is -0.315 e. The molecule has 0 bridgehead atoms. The summed E-state index contributed by atoms with van der Waals surface area (Å²) in [5.74, 6) is 0. The number of piperidine rings is 1. The molecule has 1 saturated heterocycles. The van der Waals surface area contributed by atoms with Gasteiger partial charge in [-0.1, -0.05) is 34.1 Å². The Balaban J connectivity index is 2.39. The van der Waals surface area contributed by atoms with E-state index >= 15 is 0 Å². The first kappa shape index (κ1) is 14.0. The highest BCUT2D eigenvalue weighted by Gasteiger charge is 2.28. The van der Waals surface area contributed by atoms with Crippen LogP contribution in [0.3, 0.4) is 0 Å². The van der Waals surface area contributed by atoms with Crippen LogP contribution in [0.15, 0.2) is 0 Å². The average molecular weight is 226 g/mol. The van der Waals surface area contributed by atoms with Crippen molar-refractivity contribution in [2.75, 3.05) is 26.2 Å². The first-order chi connectivity index (χ1) is 7.59. The topological polar surface area (TPSA) is 15.3 Å². The Labute approximate surface area is 102 Å². The summed E-state index contributed by atoms with van der Waals surface area (Å²) in [5.41, 5.74) is 0.575. The monoisotopic (exact) mass is 226 g/mol. The predicted molar refractivity (Wildman–Crippen MR) is 71.8 cm³/mol. The molecule has 1 aliphatic rings. The second-order valence-corrected chi connectivity index (χ2v) is 5.95. The van der Waals surface area contributed by atoms with Crippen molar-refractivity contribution in [2.24, 2.45) is 5.41 Å². The molecule has 0 saturated carbocycles. The van der Waals surface area contributed by atoms with Gasteiger partial charge in [-0.05, 0) is 44.3 Å². The molecule has 0 aromatic rings. The molecular formula is C14H30N2. The molecule has 2 heteroatoms. The third-order valence-corrected chi connectivity index (χ3v) is 3.92. The number of nitrogens with zero attached hydrogens (tertiary/aromatic N) is 1. The SMILES string of the molecule is CCCC(CNCC)N1CCC(C)(C)CC1. The van der Waals surface area contributed by atoms with Crippen molar-refractivity contribution in [3.63, 3.8) is 0 Å². The molecule has 1 aliphatic heterocycles. The van der Waals surface area contributed by atoms with Gasteiger partial charge in [0.15, 0.2) is 0 Å². The summed E-state index contributed by atoms with van der Waals surface area (Å²) in [5, 5.41) is 3.51. The summed E-state index contributed by atoms with van der Waals surface area (Å²) in [4.78, 5) is 2.71. The molecule has 1 unspecified atom stereocenters. The molecule has 1 rings (SSSR count). The maximum Gasteiger partial charge on any atom is 0.0220 e. The minimum atomic E-state index is 0.575. The predicted octanol–water partition coefficient (Wildman–Crippen LogP) is 2.89. The van der Waals surface area contributed by atoms with Crippen LogP contribution in [-0.2, 0) is 0 Å². The lowest BCUT2D eigenvalue weighted by Gasteiger charge is -2.41.